The lowest BCUT2D eigenvalue weighted by Crippen LogP contribution is -2.51. The number of rotatable bonds is 12. The number of imidazole rings is 2. The van der Waals surface area contributed by atoms with E-state index in [9.17, 15) is 19.2 Å². The molecule has 65 heavy (non-hydrogen) atoms. The zero-order valence-electron chi connectivity index (χ0n) is 38.1. The second-order valence-corrected chi connectivity index (χ2v) is 18.8. The molecule has 3 fully saturated rings. The molecule has 2 aromatic heterocycles. The predicted molar refractivity (Wildman–Crippen MR) is 248 cm³/mol. The molecule has 14 nitrogen and oxygen atoms in total. The normalized spacial score (nSPS) is 20.9. The van der Waals surface area contributed by atoms with Crippen LogP contribution in [0.4, 0.5) is 9.59 Å². The summed E-state index contributed by atoms with van der Waals surface area (Å²) in [5.74, 6) is 2.14. The maximum Gasteiger partial charge on any atom is 0.407 e. The maximum atomic E-state index is 13.7. The van der Waals surface area contributed by atoms with Crippen LogP contribution in [0.3, 0.4) is 0 Å². The number of carbonyl (C=O) groups is 4. The van der Waals surface area contributed by atoms with Crippen molar-refractivity contribution in [3.05, 3.63) is 95.8 Å². The van der Waals surface area contributed by atoms with Gasteiger partial charge in [-0.25, -0.2) is 19.6 Å². The van der Waals surface area contributed by atoms with E-state index >= 15 is 0 Å². The van der Waals surface area contributed by atoms with Crippen LogP contribution in [0, 0.1) is 11.8 Å². The van der Waals surface area contributed by atoms with Gasteiger partial charge in [0, 0.05) is 13.1 Å². The number of amides is 4. The first-order valence-electron chi connectivity index (χ1n) is 23.2. The second-order valence-electron chi connectivity index (χ2n) is 18.8. The molecule has 9 rings (SSSR count). The molecule has 2 aliphatic heterocycles. The van der Waals surface area contributed by atoms with Crippen LogP contribution in [0.2, 0.25) is 0 Å². The highest BCUT2D eigenvalue weighted by Gasteiger charge is 2.41. The molecule has 0 spiro atoms. The van der Waals surface area contributed by atoms with Gasteiger partial charge in [0.25, 0.3) is 0 Å². The average Bonchev–Trinajstić information content (AvgIpc) is 4.19. The summed E-state index contributed by atoms with van der Waals surface area (Å²) in [6.45, 7) is 8.88. The second kappa shape index (κ2) is 18.2. The van der Waals surface area contributed by atoms with Crippen LogP contribution in [-0.2, 0) is 19.1 Å². The number of aromatic amines is 2. The highest BCUT2D eigenvalue weighted by atomic mass is 16.5. The molecule has 14 heteroatoms. The number of hydrogen-bond donors (Lipinski definition) is 4. The van der Waals surface area contributed by atoms with Crippen molar-refractivity contribution in [2.75, 3.05) is 27.3 Å². The lowest BCUT2D eigenvalue weighted by molar-refractivity contribution is -0.136. The van der Waals surface area contributed by atoms with Crippen molar-refractivity contribution in [1.29, 1.82) is 0 Å². The number of ether oxygens (including phenoxy) is 2. The van der Waals surface area contributed by atoms with Crippen LogP contribution in [0.5, 0.6) is 0 Å². The Labute approximate surface area is 380 Å². The standard InChI is InChI=1S/C51H60N8O6/c1-28(2)44(56-50(62)64-5)48(60)58-23-7-9-40(58)46-52-26-38(54-46)32-15-11-30(12-16-32)36-21-22-37(43-35-20-19-34(25-35)42(36)43)31-13-17-33(18-14-31)39-27-53-47(55-39)41-10-8-24-59(41)49(61)45(29(3)4)57-51(63)65-6/h11-18,21-22,26-29,34-35,40-41,44-45H,7-10,19-20,23-25H2,1-6H3,(H,52,54)(H,53,55)(H,56,62)(H,57,63). The number of likely N-dealkylation sites (tertiary alicyclic amines) is 2. The third-order valence-electron chi connectivity index (χ3n) is 14.2. The number of aromatic nitrogens is 4. The molecule has 3 aromatic carbocycles. The number of H-pyrrole nitrogens is 2. The number of carbonyl (C=O) groups excluding carboxylic acids is 4. The van der Waals surface area contributed by atoms with Crippen molar-refractivity contribution in [2.45, 2.75) is 109 Å². The van der Waals surface area contributed by atoms with E-state index in [2.05, 4.69) is 81.3 Å². The molecule has 2 saturated heterocycles. The van der Waals surface area contributed by atoms with Crippen molar-refractivity contribution in [3.8, 4) is 44.8 Å². The summed E-state index contributed by atoms with van der Waals surface area (Å²) in [6, 6.07) is 20.3. The summed E-state index contributed by atoms with van der Waals surface area (Å²) < 4.78 is 9.59. The zero-order chi connectivity index (χ0) is 45.5. The molecule has 6 atom stereocenters. The summed E-state index contributed by atoms with van der Waals surface area (Å²) in [5.41, 5.74) is 11.8. The monoisotopic (exact) mass is 880 g/mol. The van der Waals surface area contributed by atoms with E-state index in [0.717, 1.165) is 59.8 Å². The van der Waals surface area contributed by atoms with Gasteiger partial charge in [-0.3, -0.25) is 9.59 Å². The van der Waals surface area contributed by atoms with Crippen LogP contribution in [0.1, 0.15) is 119 Å². The van der Waals surface area contributed by atoms with Gasteiger partial charge in [-0.1, -0.05) is 88.4 Å². The topological polar surface area (TPSA) is 175 Å². The first-order valence-corrected chi connectivity index (χ1v) is 23.2. The van der Waals surface area contributed by atoms with E-state index in [0.29, 0.717) is 24.9 Å². The molecule has 0 radical (unpaired) electrons. The van der Waals surface area contributed by atoms with Crippen molar-refractivity contribution < 1.29 is 28.7 Å². The average molecular weight is 881 g/mol. The van der Waals surface area contributed by atoms with Gasteiger partial charge in [-0.05, 0) is 113 Å². The number of nitrogens with zero attached hydrogens (tertiary/aromatic N) is 4. The fourth-order valence-corrected chi connectivity index (χ4v) is 10.9. The molecule has 4 heterocycles. The lowest BCUT2D eigenvalue weighted by atomic mass is 9.81. The molecule has 4 aliphatic rings. The van der Waals surface area contributed by atoms with Gasteiger partial charge in [-0.2, -0.15) is 0 Å². The first-order chi connectivity index (χ1) is 31.4. The third kappa shape index (κ3) is 8.39. The number of methoxy groups -OCH3 is 2. The Hall–Kier alpha value is -6.44. The maximum absolute atomic E-state index is 13.7. The molecule has 2 bridgehead atoms. The molecular weight excluding hydrogens is 821 g/mol. The van der Waals surface area contributed by atoms with Gasteiger partial charge in [0.05, 0.1) is 50.1 Å². The van der Waals surface area contributed by atoms with E-state index < -0.39 is 24.3 Å². The summed E-state index contributed by atoms with van der Waals surface area (Å²) in [4.78, 5) is 71.7. The fourth-order valence-electron chi connectivity index (χ4n) is 10.9. The van der Waals surface area contributed by atoms with E-state index in [1.54, 1.807) is 0 Å². The number of benzene rings is 3. The summed E-state index contributed by atoms with van der Waals surface area (Å²) in [6.07, 6.45) is 9.40. The SMILES string of the molecule is COC(=O)NC(C(=O)N1CCCC1c1ncc(-c2ccc(-c3ccc(-c4ccc(-c5cnc(C6CCCN6C(=O)C(NC(=O)OC)C(C)C)[nH]5)cc4)c4c3C3CCC4C3)cc2)[nH]1)C(C)C. The molecule has 4 N–H and O–H groups in total. The van der Waals surface area contributed by atoms with Crippen molar-refractivity contribution in [2.24, 2.45) is 11.8 Å². The Kier molecular flexibility index (Phi) is 12.3. The fraction of sp³-hybridized carbons (Fsp3) is 0.451. The van der Waals surface area contributed by atoms with Gasteiger partial charge >= 0.3 is 12.2 Å². The van der Waals surface area contributed by atoms with E-state index in [1.807, 2.05) is 49.9 Å². The van der Waals surface area contributed by atoms with Crippen LogP contribution in [0.25, 0.3) is 44.8 Å². The summed E-state index contributed by atoms with van der Waals surface area (Å²) in [5, 5.41) is 5.45. The minimum absolute atomic E-state index is 0.100. The lowest BCUT2D eigenvalue weighted by Gasteiger charge is -2.30. The Bertz CT molecular complexity index is 2390. The van der Waals surface area contributed by atoms with Crippen molar-refractivity contribution >= 4 is 24.0 Å². The van der Waals surface area contributed by atoms with Crippen LogP contribution in [-0.4, -0.2) is 93.1 Å². The molecule has 6 unspecified atom stereocenters. The van der Waals surface area contributed by atoms with Crippen molar-refractivity contribution in [1.82, 2.24) is 40.4 Å². The van der Waals surface area contributed by atoms with Gasteiger partial charge < -0.3 is 39.9 Å². The highest BCUT2D eigenvalue weighted by molar-refractivity contribution is 5.87. The minimum Gasteiger partial charge on any atom is -0.453 e. The van der Waals surface area contributed by atoms with Gasteiger partial charge in [0.15, 0.2) is 0 Å². The van der Waals surface area contributed by atoms with Gasteiger partial charge in [-0.15, -0.1) is 0 Å². The molecule has 5 aromatic rings. The van der Waals surface area contributed by atoms with Crippen LogP contribution < -0.4 is 10.6 Å². The van der Waals surface area contributed by atoms with Crippen LogP contribution >= 0.6 is 0 Å². The number of alkyl carbamates (subject to hydrolysis) is 2. The van der Waals surface area contributed by atoms with Gasteiger partial charge in [0.2, 0.25) is 11.8 Å². The Balaban J connectivity index is 0.910. The Morgan fingerprint density at radius 3 is 1.34 bits per heavy atom. The molecule has 340 valence electrons. The minimum atomic E-state index is -0.682. The largest absolute Gasteiger partial charge is 0.453 e. The molecule has 1 saturated carbocycles. The number of hydrogen-bond acceptors (Lipinski definition) is 8. The first kappa shape index (κ1) is 43.8. The molecular formula is C51H60N8O6. The van der Waals surface area contributed by atoms with Crippen molar-refractivity contribution in [3.63, 3.8) is 0 Å². The highest BCUT2D eigenvalue weighted by Crippen LogP contribution is 2.58. The van der Waals surface area contributed by atoms with E-state index in [4.69, 9.17) is 19.4 Å². The number of fused-ring (bicyclic) bond motifs is 5. The zero-order valence-corrected chi connectivity index (χ0v) is 38.1. The molecule has 2 aliphatic carbocycles. The summed E-state index contributed by atoms with van der Waals surface area (Å²) >= 11 is 0. The predicted octanol–water partition coefficient (Wildman–Crippen LogP) is 9.25. The van der Waals surface area contributed by atoms with E-state index in [-0.39, 0.29) is 35.7 Å². The van der Waals surface area contributed by atoms with Crippen LogP contribution in [0.15, 0.2) is 73.1 Å². The summed E-state index contributed by atoms with van der Waals surface area (Å²) in [7, 11) is 2.60. The van der Waals surface area contributed by atoms with Gasteiger partial charge in [0.1, 0.15) is 23.7 Å². The smallest absolute Gasteiger partial charge is 0.407 e. The third-order valence-corrected chi connectivity index (χ3v) is 14.2. The Morgan fingerprint density at radius 1 is 0.585 bits per heavy atom. The number of nitrogens with one attached hydrogen (secondary N) is 4. The Morgan fingerprint density at radius 2 is 0.969 bits per heavy atom. The molecule has 4 amide bonds. The van der Waals surface area contributed by atoms with E-state index in [1.165, 1.54) is 66.9 Å². The quantitative estimate of drug-likeness (QED) is 0.0960.